The number of halogens is 5. The number of hydrogen-bond donors (Lipinski definition) is 0. The van der Waals surface area contributed by atoms with E-state index in [-0.39, 0.29) is 0 Å². The molecular weight excluding hydrogens is 281 g/mol. The van der Waals surface area contributed by atoms with E-state index in [0.717, 1.165) is 6.08 Å². The van der Waals surface area contributed by atoms with Gasteiger partial charge in [-0.15, -0.1) is 0 Å². The molecule has 1 aromatic rings. The normalized spacial score (nSPS) is 17.1. The Hall–Kier alpha value is -1.47. The molecular formula is C13H12F5NO. The van der Waals surface area contributed by atoms with E-state index in [1.54, 1.807) is 0 Å². The fourth-order valence-electron chi connectivity index (χ4n) is 1.87. The summed E-state index contributed by atoms with van der Waals surface area (Å²) in [4.78, 5) is 1.94. The number of rotatable bonds is 3. The lowest BCUT2D eigenvalue weighted by Crippen LogP contribution is -2.36. The van der Waals surface area contributed by atoms with Crippen LogP contribution in [0.1, 0.15) is 5.56 Å². The second kappa shape index (κ2) is 6.32. The monoisotopic (exact) mass is 293 g/mol. The lowest BCUT2D eigenvalue weighted by atomic mass is 10.1. The predicted molar refractivity (Wildman–Crippen MR) is 62.5 cm³/mol. The SMILES string of the molecule is Fc1c(F)c(F)c(C=CCN2CCOCC2)c(F)c1F. The Morgan fingerprint density at radius 2 is 1.35 bits per heavy atom. The van der Waals surface area contributed by atoms with Crippen LogP contribution < -0.4 is 0 Å². The third-order valence-corrected chi connectivity index (χ3v) is 3.00. The maximum absolute atomic E-state index is 13.4. The Bertz CT molecular complexity index is 497. The number of ether oxygens (including phenoxy) is 1. The largest absolute Gasteiger partial charge is 0.379 e. The Kier molecular flexibility index (Phi) is 4.72. The number of nitrogens with zero attached hydrogens (tertiary/aromatic N) is 1. The van der Waals surface area contributed by atoms with Crippen molar-refractivity contribution in [2.24, 2.45) is 0 Å². The molecule has 0 N–H and O–H groups in total. The van der Waals surface area contributed by atoms with E-state index in [9.17, 15) is 22.0 Å². The van der Waals surface area contributed by atoms with Crippen LogP contribution in [0.25, 0.3) is 6.08 Å². The summed E-state index contributed by atoms with van der Waals surface area (Å²) < 4.78 is 70.6. The standard InChI is InChI=1S/C13H12F5NO/c14-9-8(10(15)12(17)13(18)11(9)16)2-1-3-19-4-6-20-7-5-19/h1-2H,3-7H2. The molecule has 1 aromatic carbocycles. The first-order chi connectivity index (χ1) is 9.52. The quantitative estimate of drug-likeness (QED) is 0.483. The van der Waals surface area contributed by atoms with Gasteiger partial charge in [-0.05, 0) is 0 Å². The molecule has 0 unspecified atom stereocenters. The summed E-state index contributed by atoms with van der Waals surface area (Å²) in [6.45, 7) is 2.76. The third kappa shape index (κ3) is 2.99. The van der Waals surface area contributed by atoms with Crippen molar-refractivity contribution in [3.05, 3.63) is 40.7 Å². The maximum Gasteiger partial charge on any atom is 0.200 e. The van der Waals surface area contributed by atoms with E-state index < -0.39 is 34.6 Å². The first kappa shape index (κ1) is 14.9. The average Bonchev–Trinajstić information content (AvgIpc) is 2.48. The minimum absolute atomic E-state index is 0.350. The van der Waals surface area contributed by atoms with Gasteiger partial charge < -0.3 is 4.74 Å². The molecule has 0 atom stereocenters. The molecule has 1 heterocycles. The molecule has 0 spiro atoms. The lowest BCUT2D eigenvalue weighted by Gasteiger charge is -2.25. The average molecular weight is 293 g/mol. The highest BCUT2D eigenvalue weighted by molar-refractivity contribution is 5.51. The number of hydrogen-bond acceptors (Lipinski definition) is 2. The molecule has 0 bridgehead atoms. The van der Waals surface area contributed by atoms with E-state index in [1.807, 2.05) is 4.90 Å². The van der Waals surface area contributed by atoms with Crippen LogP contribution in [0.3, 0.4) is 0 Å². The van der Waals surface area contributed by atoms with E-state index >= 15 is 0 Å². The Morgan fingerprint density at radius 3 is 1.90 bits per heavy atom. The van der Waals surface area contributed by atoms with Gasteiger partial charge >= 0.3 is 0 Å². The summed E-state index contributed by atoms with van der Waals surface area (Å²) >= 11 is 0. The molecule has 2 nitrogen and oxygen atoms in total. The summed E-state index contributed by atoms with van der Waals surface area (Å²) in [5.41, 5.74) is -0.922. The lowest BCUT2D eigenvalue weighted by molar-refractivity contribution is 0.0435. The molecule has 0 radical (unpaired) electrons. The first-order valence-corrected chi connectivity index (χ1v) is 6.00. The van der Waals surface area contributed by atoms with Gasteiger partial charge in [0.2, 0.25) is 5.82 Å². The second-order valence-corrected chi connectivity index (χ2v) is 4.30. The van der Waals surface area contributed by atoms with Crippen LogP contribution in [0.4, 0.5) is 22.0 Å². The summed E-state index contributed by atoms with van der Waals surface area (Å²) in [5, 5.41) is 0. The van der Waals surface area contributed by atoms with E-state index in [1.165, 1.54) is 6.08 Å². The van der Waals surface area contributed by atoms with Gasteiger partial charge in [0, 0.05) is 19.6 Å². The van der Waals surface area contributed by atoms with Gasteiger partial charge in [-0.25, -0.2) is 22.0 Å². The minimum atomic E-state index is -2.15. The van der Waals surface area contributed by atoms with Crippen LogP contribution >= 0.6 is 0 Å². The highest BCUT2D eigenvalue weighted by Crippen LogP contribution is 2.23. The summed E-state index contributed by atoms with van der Waals surface area (Å²) in [6, 6.07) is 0. The number of morpholine rings is 1. The molecule has 0 saturated carbocycles. The molecule has 0 amide bonds. The van der Waals surface area contributed by atoms with Gasteiger partial charge in [0.1, 0.15) is 0 Å². The fourth-order valence-corrected chi connectivity index (χ4v) is 1.87. The summed E-state index contributed by atoms with van der Waals surface area (Å²) in [7, 11) is 0. The van der Waals surface area contributed by atoms with Crippen molar-refractivity contribution in [3.63, 3.8) is 0 Å². The van der Waals surface area contributed by atoms with Crippen LogP contribution in [0.2, 0.25) is 0 Å². The third-order valence-electron chi connectivity index (χ3n) is 3.00. The van der Waals surface area contributed by atoms with Gasteiger partial charge in [-0.1, -0.05) is 12.2 Å². The Morgan fingerprint density at radius 1 is 0.850 bits per heavy atom. The molecule has 1 fully saturated rings. The molecule has 0 aliphatic carbocycles. The van der Waals surface area contributed by atoms with Gasteiger partial charge in [0.25, 0.3) is 0 Å². The van der Waals surface area contributed by atoms with Crippen molar-refractivity contribution in [1.29, 1.82) is 0 Å². The second-order valence-electron chi connectivity index (χ2n) is 4.30. The van der Waals surface area contributed by atoms with Crippen molar-refractivity contribution < 1.29 is 26.7 Å². The van der Waals surface area contributed by atoms with E-state index in [0.29, 0.717) is 32.8 Å². The van der Waals surface area contributed by atoms with Crippen LogP contribution in [-0.2, 0) is 4.74 Å². The first-order valence-electron chi connectivity index (χ1n) is 6.00. The van der Waals surface area contributed by atoms with Crippen LogP contribution in [-0.4, -0.2) is 37.7 Å². The zero-order valence-corrected chi connectivity index (χ0v) is 10.4. The van der Waals surface area contributed by atoms with Crippen LogP contribution in [0, 0.1) is 29.1 Å². The molecule has 2 rings (SSSR count). The predicted octanol–water partition coefficient (Wildman–Crippen LogP) is 2.73. The molecule has 20 heavy (non-hydrogen) atoms. The van der Waals surface area contributed by atoms with Crippen LogP contribution in [0.5, 0.6) is 0 Å². The Balaban J connectivity index is 2.16. The molecule has 1 saturated heterocycles. The van der Waals surface area contributed by atoms with Crippen molar-refractivity contribution in [3.8, 4) is 0 Å². The van der Waals surface area contributed by atoms with Gasteiger partial charge in [0.15, 0.2) is 23.3 Å². The molecule has 1 aliphatic heterocycles. The Labute approximate surface area is 112 Å². The summed E-state index contributed by atoms with van der Waals surface area (Å²) in [5.74, 6) is -9.66. The van der Waals surface area contributed by atoms with E-state index in [2.05, 4.69) is 0 Å². The van der Waals surface area contributed by atoms with Crippen molar-refractivity contribution >= 4 is 6.08 Å². The topological polar surface area (TPSA) is 12.5 Å². The minimum Gasteiger partial charge on any atom is -0.379 e. The van der Waals surface area contributed by atoms with Gasteiger partial charge in [-0.2, -0.15) is 0 Å². The number of benzene rings is 1. The smallest absolute Gasteiger partial charge is 0.200 e. The van der Waals surface area contributed by atoms with Crippen LogP contribution in [0.15, 0.2) is 6.08 Å². The van der Waals surface area contributed by atoms with Gasteiger partial charge in [0.05, 0.1) is 18.8 Å². The maximum atomic E-state index is 13.4. The molecule has 1 aliphatic rings. The molecule has 7 heteroatoms. The zero-order valence-electron chi connectivity index (χ0n) is 10.4. The van der Waals surface area contributed by atoms with Crippen molar-refractivity contribution in [2.45, 2.75) is 0 Å². The highest BCUT2D eigenvalue weighted by atomic mass is 19.2. The van der Waals surface area contributed by atoms with E-state index in [4.69, 9.17) is 4.74 Å². The molecule has 110 valence electrons. The van der Waals surface area contributed by atoms with Gasteiger partial charge in [-0.3, -0.25) is 4.90 Å². The zero-order chi connectivity index (χ0) is 14.7. The van der Waals surface area contributed by atoms with Crippen molar-refractivity contribution in [2.75, 3.05) is 32.8 Å². The highest BCUT2D eigenvalue weighted by Gasteiger charge is 2.24. The fraction of sp³-hybridized carbons (Fsp3) is 0.385. The van der Waals surface area contributed by atoms with Crippen molar-refractivity contribution in [1.82, 2.24) is 4.90 Å². The summed E-state index contributed by atoms with van der Waals surface area (Å²) in [6.07, 6.45) is 2.27. The molecule has 0 aromatic heterocycles.